The van der Waals surface area contributed by atoms with Crippen LogP contribution in [0.3, 0.4) is 0 Å². The van der Waals surface area contributed by atoms with Crippen LogP contribution in [0.15, 0.2) is 9.64 Å². The van der Waals surface area contributed by atoms with Crippen LogP contribution in [-0.4, -0.2) is 70.7 Å². The molecule has 1 amide bonds. The van der Waals surface area contributed by atoms with E-state index in [0.717, 1.165) is 50.8 Å². The van der Waals surface area contributed by atoms with Crippen LogP contribution in [0.2, 0.25) is 0 Å². The van der Waals surface area contributed by atoms with Crippen LogP contribution in [0.1, 0.15) is 69.5 Å². The van der Waals surface area contributed by atoms with Gasteiger partial charge in [-0.05, 0) is 32.9 Å². The molecule has 7 nitrogen and oxygen atoms in total. The maximum absolute atomic E-state index is 13.3. The Morgan fingerprint density at radius 1 is 1.24 bits per heavy atom. The fourth-order valence-electron chi connectivity index (χ4n) is 3.66. The van der Waals surface area contributed by atoms with Crippen LogP contribution in [0, 0.1) is 5.92 Å². The average molecular weight is 447 g/mol. The maximum Gasteiger partial charge on any atom is 0.286 e. The van der Waals surface area contributed by atoms with Crippen LogP contribution in [0.25, 0.3) is 0 Å². The van der Waals surface area contributed by atoms with Gasteiger partial charge in [0, 0.05) is 18.3 Å². The Labute approximate surface area is 184 Å². The van der Waals surface area contributed by atoms with Crippen molar-refractivity contribution in [2.45, 2.75) is 76.1 Å². The normalized spacial score (nSPS) is 17.3. The molecule has 2 rings (SSSR count). The molecule has 1 unspecified atom stereocenters. The highest BCUT2D eigenvalue weighted by molar-refractivity contribution is 7.99. The fourth-order valence-corrected chi connectivity index (χ4v) is 4.52. The Morgan fingerprint density at radius 3 is 2.45 bits per heavy atom. The van der Waals surface area contributed by atoms with E-state index in [9.17, 15) is 9.59 Å². The number of hydrogen-bond donors (Lipinski definition) is 0. The lowest BCUT2D eigenvalue weighted by Crippen LogP contribution is -2.50. The van der Waals surface area contributed by atoms with E-state index in [1.165, 1.54) is 24.6 Å². The van der Waals surface area contributed by atoms with Crippen molar-refractivity contribution in [3.63, 3.8) is 0 Å². The van der Waals surface area contributed by atoms with E-state index < -0.39 is 6.04 Å². The quantitative estimate of drug-likeness (QED) is 0.220. The van der Waals surface area contributed by atoms with Gasteiger partial charge in [-0.25, -0.2) is 0 Å². The topological polar surface area (TPSA) is 79.5 Å². The zero-order valence-electron chi connectivity index (χ0n) is 18.0. The number of hydrogen-bond acceptors (Lipinski definition) is 7. The van der Waals surface area contributed by atoms with E-state index in [1.54, 1.807) is 4.90 Å². The number of thioether (sulfide) groups is 1. The van der Waals surface area contributed by atoms with Crippen molar-refractivity contribution in [1.82, 2.24) is 20.0 Å². The van der Waals surface area contributed by atoms with Crippen molar-refractivity contribution in [3.8, 4) is 0 Å². The molecule has 1 fully saturated rings. The summed E-state index contributed by atoms with van der Waals surface area (Å²) < 4.78 is 5.64. The molecule has 1 saturated carbocycles. The first kappa shape index (κ1) is 25.9. The lowest BCUT2D eigenvalue weighted by molar-refractivity contribution is -0.123. The van der Waals surface area contributed by atoms with E-state index in [1.807, 2.05) is 27.9 Å². The van der Waals surface area contributed by atoms with Gasteiger partial charge in [0.1, 0.15) is 6.04 Å². The summed E-state index contributed by atoms with van der Waals surface area (Å²) in [6.07, 6.45) is 8.15. The monoisotopic (exact) mass is 446 g/mol. The number of halogens is 1. The van der Waals surface area contributed by atoms with Gasteiger partial charge in [-0.2, -0.15) is 0 Å². The molecule has 0 bridgehead atoms. The maximum atomic E-state index is 13.3. The van der Waals surface area contributed by atoms with Crippen molar-refractivity contribution >= 4 is 36.4 Å². The van der Waals surface area contributed by atoms with Crippen molar-refractivity contribution in [2.75, 3.05) is 26.4 Å². The molecular formula is C20H35ClN4O3S. The summed E-state index contributed by atoms with van der Waals surface area (Å²) in [5.74, 6) is 0.605. The molecule has 0 spiro atoms. The van der Waals surface area contributed by atoms with Gasteiger partial charge in [0.25, 0.3) is 11.1 Å². The minimum Gasteiger partial charge on any atom is -0.408 e. The summed E-state index contributed by atoms with van der Waals surface area (Å²) in [5, 5.41) is 8.41. The molecule has 1 heterocycles. The van der Waals surface area contributed by atoms with E-state index in [-0.39, 0.29) is 36.0 Å². The molecule has 1 aromatic heterocycles. The molecule has 0 saturated heterocycles. The zero-order valence-corrected chi connectivity index (χ0v) is 19.6. The molecule has 2 atom stereocenters. The summed E-state index contributed by atoms with van der Waals surface area (Å²) in [5.41, 5.74) is 0. The van der Waals surface area contributed by atoms with Crippen LogP contribution in [-0.2, 0) is 4.79 Å². The Hall–Kier alpha value is -1.12. The third-order valence-corrected chi connectivity index (χ3v) is 6.32. The van der Waals surface area contributed by atoms with Crippen molar-refractivity contribution in [1.29, 1.82) is 0 Å². The van der Waals surface area contributed by atoms with Crippen molar-refractivity contribution in [2.24, 2.45) is 5.92 Å². The minimum atomic E-state index is -0.550. The first-order valence-corrected chi connectivity index (χ1v) is 11.3. The molecule has 1 aromatic rings. The molecule has 1 aliphatic rings. The molecule has 0 aliphatic heterocycles. The summed E-state index contributed by atoms with van der Waals surface area (Å²) in [6, 6.07) is -0.439. The smallest absolute Gasteiger partial charge is 0.286 e. The van der Waals surface area contributed by atoms with Crippen molar-refractivity contribution < 1.29 is 14.0 Å². The standard InChI is InChI=1S/C20H34N4O3S.ClH/c1-5-15(2)17(24(14-25)16-10-8-6-7-9-11-16)18(26)19-21-22-20(27-19)28-13-12-23(3)4;/h14-17H,5-13H2,1-4H3;1H/t15-,17?;/m0./s1. The Bertz CT molecular complexity index is 621. The highest BCUT2D eigenvalue weighted by atomic mass is 35.5. The van der Waals surface area contributed by atoms with Gasteiger partial charge in [0.2, 0.25) is 12.2 Å². The van der Waals surface area contributed by atoms with Crippen molar-refractivity contribution in [3.05, 3.63) is 5.89 Å². The average Bonchev–Trinajstić information content (AvgIpc) is 2.98. The van der Waals surface area contributed by atoms with Crippen LogP contribution >= 0.6 is 24.2 Å². The highest BCUT2D eigenvalue weighted by Gasteiger charge is 2.37. The lowest BCUT2D eigenvalue weighted by atomic mass is 9.91. The SMILES string of the molecule is CC[C@H](C)C(C(=O)c1nnc(SCCN(C)C)o1)N(C=O)C1CCCCCC1.Cl. The van der Waals surface area contributed by atoms with Crippen LogP contribution < -0.4 is 0 Å². The van der Waals surface area contributed by atoms with E-state index >= 15 is 0 Å². The number of rotatable bonds is 11. The summed E-state index contributed by atoms with van der Waals surface area (Å²) in [4.78, 5) is 29.1. The van der Waals surface area contributed by atoms with E-state index in [4.69, 9.17) is 4.42 Å². The highest BCUT2D eigenvalue weighted by Crippen LogP contribution is 2.28. The number of aromatic nitrogens is 2. The number of ketones is 1. The Kier molecular flexibility index (Phi) is 11.8. The van der Waals surface area contributed by atoms with Crippen LogP contribution in [0.5, 0.6) is 0 Å². The molecule has 0 radical (unpaired) electrons. The molecule has 0 aromatic carbocycles. The zero-order chi connectivity index (χ0) is 20.5. The molecule has 29 heavy (non-hydrogen) atoms. The Morgan fingerprint density at radius 2 is 1.90 bits per heavy atom. The predicted octanol–water partition coefficient (Wildman–Crippen LogP) is 3.92. The number of carbonyl (C=O) groups excluding carboxylic acids is 2. The second-order valence-electron chi connectivity index (χ2n) is 7.92. The third kappa shape index (κ3) is 7.57. The Balaban J connectivity index is 0.00000420. The predicted molar refractivity (Wildman–Crippen MR) is 118 cm³/mol. The van der Waals surface area contributed by atoms with Crippen LogP contribution in [0.4, 0.5) is 0 Å². The van der Waals surface area contributed by atoms with Gasteiger partial charge in [-0.1, -0.05) is 57.7 Å². The number of Topliss-reactive ketones (excluding diaryl/α,β-unsaturated/α-hetero) is 1. The number of nitrogens with zero attached hydrogens (tertiary/aromatic N) is 4. The fraction of sp³-hybridized carbons (Fsp3) is 0.800. The molecular weight excluding hydrogens is 412 g/mol. The van der Waals surface area contributed by atoms with Gasteiger partial charge in [0.05, 0.1) is 0 Å². The molecule has 166 valence electrons. The van der Waals surface area contributed by atoms with Gasteiger partial charge in [-0.3, -0.25) is 9.59 Å². The van der Waals surface area contributed by atoms with E-state index in [2.05, 4.69) is 15.1 Å². The molecule has 1 aliphatic carbocycles. The van der Waals surface area contributed by atoms with Gasteiger partial charge in [0.15, 0.2) is 0 Å². The van der Waals surface area contributed by atoms with Gasteiger partial charge in [-0.15, -0.1) is 22.6 Å². The largest absolute Gasteiger partial charge is 0.408 e. The summed E-state index contributed by atoms with van der Waals surface area (Å²) in [7, 11) is 4.00. The second-order valence-corrected chi connectivity index (χ2v) is 8.96. The van der Waals surface area contributed by atoms with Gasteiger partial charge < -0.3 is 14.2 Å². The minimum absolute atomic E-state index is 0. The first-order chi connectivity index (χ1) is 13.5. The number of amides is 1. The second kappa shape index (κ2) is 13.2. The first-order valence-electron chi connectivity index (χ1n) is 10.4. The van der Waals surface area contributed by atoms with Gasteiger partial charge >= 0.3 is 0 Å². The molecule has 0 N–H and O–H groups in total. The molecule has 9 heteroatoms. The number of carbonyl (C=O) groups is 2. The van der Waals surface area contributed by atoms with E-state index in [0.29, 0.717) is 5.22 Å². The lowest BCUT2D eigenvalue weighted by Gasteiger charge is -2.36. The third-order valence-electron chi connectivity index (χ3n) is 5.52. The summed E-state index contributed by atoms with van der Waals surface area (Å²) in [6.45, 7) is 4.93. The summed E-state index contributed by atoms with van der Waals surface area (Å²) >= 11 is 1.44.